The third-order valence-electron chi connectivity index (χ3n) is 2.64. The number of aromatic nitrogens is 2. The van der Waals surface area contributed by atoms with Crippen LogP contribution in [0.15, 0.2) is 18.2 Å². The SMILES string of the molecule is Cc1nn(-c2ccc(Cl)c(Cl)c2)c(C)c1C(=O)[O-]. The number of benzene rings is 1. The van der Waals surface area contributed by atoms with Crippen LogP contribution in [0.25, 0.3) is 5.69 Å². The number of hydrogen-bond acceptors (Lipinski definition) is 3. The van der Waals surface area contributed by atoms with E-state index in [9.17, 15) is 9.90 Å². The van der Waals surface area contributed by atoms with Crippen molar-refractivity contribution in [2.45, 2.75) is 13.8 Å². The fraction of sp³-hybridized carbons (Fsp3) is 0.167. The van der Waals surface area contributed by atoms with Crippen LogP contribution in [0.1, 0.15) is 21.7 Å². The minimum atomic E-state index is -1.24. The van der Waals surface area contributed by atoms with E-state index in [1.165, 1.54) is 4.68 Å². The highest BCUT2D eigenvalue weighted by molar-refractivity contribution is 6.42. The van der Waals surface area contributed by atoms with E-state index in [-0.39, 0.29) is 5.56 Å². The summed E-state index contributed by atoms with van der Waals surface area (Å²) in [5, 5.41) is 16.0. The maximum atomic E-state index is 11.0. The molecule has 0 saturated heterocycles. The Morgan fingerprint density at radius 3 is 2.44 bits per heavy atom. The van der Waals surface area contributed by atoms with E-state index in [0.717, 1.165) is 0 Å². The van der Waals surface area contributed by atoms with E-state index < -0.39 is 5.97 Å². The largest absolute Gasteiger partial charge is 0.545 e. The van der Waals surface area contributed by atoms with Crippen LogP contribution < -0.4 is 5.11 Å². The second kappa shape index (κ2) is 4.63. The molecule has 0 bridgehead atoms. The lowest BCUT2D eigenvalue weighted by molar-refractivity contribution is -0.255. The van der Waals surface area contributed by atoms with Crippen LogP contribution >= 0.6 is 23.2 Å². The Morgan fingerprint density at radius 1 is 1.28 bits per heavy atom. The number of carbonyl (C=O) groups is 1. The number of rotatable bonds is 2. The van der Waals surface area contributed by atoms with Crippen LogP contribution in [-0.4, -0.2) is 15.7 Å². The predicted octanol–water partition coefficient (Wildman–Crippen LogP) is 2.16. The normalized spacial score (nSPS) is 10.7. The molecule has 2 aromatic rings. The molecule has 4 nitrogen and oxygen atoms in total. The Kier molecular flexibility index (Phi) is 3.32. The first-order chi connectivity index (χ1) is 8.41. The van der Waals surface area contributed by atoms with Gasteiger partial charge in [0.15, 0.2) is 0 Å². The lowest BCUT2D eigenvalue weighted by atomic mass is 10.2. The van der Waals surface area contributed by atoms with Gasteiger partial charge >= 0.3 is 0 Å². The fourth-order valence-electron chi connectivity index (χ4n) is 1.81. The summed E-state index contributed by atoms with van der Waals surface area (Å²) in [6.07, 6.45) is 0. The number of nitrogens with zero attached hydrogens (tertiary/aromatic N) is 2. The van der Waals surface area contributed by atoms with Gasteiger partial charge in [-0.2, -0.15) is 5.10 Å². The summed E-state index contributed by atoms with van der Waals surface area (Å²) >= 11 is 11.8. The first-order valence-electron chi connectivity index (χ1n) is 5.15. The van der Waals surface area contributed by atoms with E-state index in [0.29, 0.717) is 27.1 Å². The van der Waals surface area contributed by atoms with Crippen molar-refractivity contribution in [1.82, 2.24) is 9.78 Å². The monoisotopic (exact) mass is 283 g/mol. The Bertz CT molecular complexity index is 635. The van der Waals surface area contributed by atoms with E-state index in [1.54, 1.807) is 32.0 Å². The van der Waals surface area contributed by atoms with Crippen molar-refractivity contribution in [3.8, 4) is 5.69 Å². The van der Waals surface area contributed by atoms with Gasteiger partial charge in [0.1, 0.15) is 0 Å². The molecule has 18 heavy (non-hydrogen) atoms. The molecule has 0 atom stereocenters. The van der Waals surface area contributed by atoms with E-state index in [1.807, 2.05) is 0 Å². The molecule has 94 valence electrons. The van der Waals surface area contributed by atoms with Crippen molar-refractivity contribution in [1.29, 1.82) is 0 Å². The number of carboxylic acid groups (broad SMARTS) is 1. The standard InChI is InChI=1S/C12H10Cl2N2O2/c1-6-11(12(17)18)7(2)16(15-6)8-3-4-9(13)10(14)5-8/h3-5H,1-2H3,(H,17,18)/p-1. The van der Waals surface area contributed by atoms with E-state index >= 15 is 0 Å². The summed E-state index contributed by atoms with van der Waals surface area (Å²) < 4.78 is 1.50. The molecule has 1 aromatic carbocycles. The van der Waals surface area contributed by atoms with Gasteiger partial charge in [-0.3, -0.25) is 0 Å². The van der Waals surface area contributed by atoms with Crippen molar-refractivity contribution >= 4 is 29.2 Å². The number of carbonyl (C=O) groups excluding carboxylic acids is 1. The van der Waals surface area contributed by atoms with Crippen LogP contribution in [0.4, 0.5) is 0 Å². The van der Waals surface area contributed by atoms with Crippen molar-refractivity contribution in [2.75, 3.05) is 0 Å². The number of aryl methyl sites for hydroxylation is 1. The van der Waals surface area contributed by atoms with Crippen LogP contribution in [0.5, 0.6) is 0 Å². The molecule has 0 N–H and O–H groups in total. The van der Waals surface area contributed by atoms with Crippen LogP contribution in [0, 0.1) is 13.8 Å². The van der Waals surface area contributed by atoms with Crippen LogP contribution in [0.2, 0.25) is 10.0 Å². The highest BCUT2D eigenvalue weighted by Crippen LogP contribution is 2.25. The van der Waals surface area contributed by atoms with Crippen molar-refractivity contribution in [3.63, 3.8) is 0 Å². The molecule has 0 fully saturated rings. The van der Waals surface area contributed by atoms with Gasteiger partial charge in [0.2, 0.25) is 0 Å². The average molecular weight is 284 g/mol. The summed E-state index contributed by atoms with van der Waals surface area (Å²) in [6, 6.07) is 4.98. The maximum Gasteiger partial charge on any atom is 0.0752 e. The summed E-state index contributed by atoms with van der Waals surface area (Å²) in [5.41, 5.74) is 1.64. The second-order valence-corrected chi connectivity index (χ2v) is 4.66. The van der Waals surface area contributed by atoms with Gasteiger partial charge < -0.3 is 9.90 Å². The molecule has 2 rings (SSSR count). The third kappa shape index (κ3) is 2.09. The maximum absolute atomic E-state index is 11.0. The molecule has 0 unspecified atom stereocenters. The van der Waals surface area contributed by atoms with Gasteiger partial charge in [-0.05, 0) is 32.0 Å². The Labute approximate surface area is 114 Å². The summed E-state index contributed by atoms with van der Waals surface area (Å²) in [5.74, 6) is -1.24. The molecule has 0 aliphatic heterocycles. The quantitative estimate of drug-likeness (QED) is 0.849. The smallest absolute Gasteiger partial charge is 0.0752 e. The molecule has 0 saturated carbocycles. The molecule has 1 heterocycles. The summed E-state index contributed by atoms with van der Waals surface area (Å²) in [4.78, 5) is 11.0. The third-order valence-corrected chi connectivity index (χ3v) is 3.38. The van der Waals surface area contributed by atoms with Gasteiger partial charge in [0, 0.05) is 5.56 Å². The van der Waals surface area contributed by atoms with Crippen molar-refractivity contribution in [3.05, 3.63) is 45.2 Å². The average Bonchev–Trinajstić information content (AvgIpc) is 2.58. The number of halogens is 2. The van der Waals surface area contributed by atoms with E-state index in [4.69, 9.17) is 23.2 Å². The Morgan fingerprint density at radius 2 is 1.94 bits per heavy atom. The minimum absolute atomic E-state index is 0.0982. The van der Waals surface area contributed by atoms with E-state index in [2.05, 4.69) is 5.10 Å². The minimum Gasteiger partial charge on any atom is -0.545 e. The zero-order chi connectivity index (χ0) is 13.4. The molecule has 0 aliphatic rings. The van der Waals surface area contributed by atoms with Gasteiger partial charge in [0.25, 0.3) is 0 Å². The highest BCUT2D eigenvalue weighted by atomic mass is 35.5. The number of carboxylic acids is 1. The van der Waals surface area contributed by atoms with Gasteiger partial charge in [-0.1, -0.05) is 23.2 Å². The van der Waals surface area contributed by atoms with Crippen LogP contribution in [0.3, 0.4) is 0 Å². The molecule has 0 spiro atoms. The molecule has 0 radical (unpaired) electrons. The topological polar surface area (TPSA) is 58.0 Å². The predicted molar refractivity (Wildman–Crippen MR) is 67.4 cm³/mol. The van der Waals surface area contributed by atoms with Crippen LogP contribution in [-0.2, 0) is 0 Å². The number of aromatic carboxylic acids is 1. The zero-order valence-corrected chi connectivity index (χ0v) is 11.2. The highest BCUT2D eigenvalue weighted by Gasteiger charge is 2.14. The van der Waals surface area contributed by atoms with Gasteiger partial charge in [0.05, 0.1) is 33.1 Å². The molecule has 1 aromatic heterocycles. The van der Waals surface area contributed by atoms with Gasteiger partial charge in [-0.15, -0.1) is 0 Å². The first kappa shape index (κ1) is 12.9. The lowest BCUT2D eigenvalue weighted by Crippen LogP contribution is -2.23. The summed E-state index contributed by atoms with van der Waals surface area (Å²) in [7, 11) is 0. The molecular weight excluding hydrogens is 275 g/mol. The summed E-state index contributed by atoms with van der Waals surface area (Å²) in [6.45, 7) is 3.28. The Balaban J connectivity index is 2.61. The lowest BCUT2D eigenvalue weighted by Gasteiger charge is -2.07. The van der Waals surface area contributed by atoms with Crippen molar-refractivity contribution in [2.24, 2.45) is 0 Å². The second-order valence-electron chi connectivity index (χ2n) is 3.84. The Hall–Kier alpha value is -1.52. The zero-order valence-electron chi connectivity index (χ0n) is 9.70. The number of hydrogen-bond donors (Lipinski definition) is 0. The molecule has 6 heteroatoms. The molecule has 0 amide bonds. The fourth-order valence-corrected chi connectivity index (χ4v) is 2.10. The first-order valence-corrected chi connectivity index (χ1v) is 5.90. The van der Waals surface area contributed by atoms with Gasteiger partial charge in [-0.25, -0.2) is 4.68 Å². The van der Waals surface area contributed by atoms with Crippen molar-refractivity contribution < 1.29 is 9.90 Å². The molecular formula is C12H9Cl2N2O2-. The molecule has 0 aliphatic carbocycles.